The number of rotatable bonds is 7. The molecule has 0 aliphatic heterocycles. The summed E-state index contributed by atoms with van der Waals surface area (Å²) in [6.45, 7) is 0. The maximum atomic E-state index is 12.5. The van der Waals surface area contributed by atoms with Crippen LogP contribution in [-0.2, 0) is 9.59 Å². The number of carboxylic acids is 2. The van der Waals surface area contributed by atoms with Gasteiger partial charge >= 0.3 is 172 Å². The van der Waals surface area contributed by atoms with E-state index in [9.17, 15) is 19.8 Å². The van der Waals surface area contributed by atoms with Crippen molar-refractivity contribution in [2.75, 3.05) is 0 Å². The molecule has 0 saturated heterocycles. The van der Waals surface area contributed by atoms with Gasteiger partial charge in [0.2, 0.25) is 0 Å². The van der Waals surface area contributed by atoms with E-state index < -0.39 is 29.3 Å². The second-order valence-corrected chi connectivity index (χ2v) is 15.3. The van der Waals surface area contributed by atoms with Crippen molar-refractivity contribution in [1.82, 2.24) is 0 Å². The molecule has 0 spiro atoms. The molecule has 2 N–H and O–H groups in total. The summed E-state index contributed by atoms with van der Waals surface area (Å²) in [6.07, 6.45) is -0.503. The Balaban J connectivity index is 2.54. The average Bonchev–Trinajstić information content (AvgIpc) is 2.73. The van der Waals surface area contributed by atoms with Gasteiger partial charge in [0, 0.05) is 0 Å². The first-order chi connectivity index (χ1) is 13.4. The van der Waals surface area contributed by atoms with Gasteiger partial charge in [0.25, 0.3) is 0 Å². The zero-order valence-corrected chi connectivity index (χ0v) is 17.5. The van der Waals surface area contributed by atoms with Gasteiger partial charge in [-0.1, -0.05) is 0 Å². The molecule has 0 aliphatic carbocycles. The molecule has 0 amide bonds. The fraction of sp³-hybridized carbons (Fsp3) is 0.0909. The van der Waals surface area contributed by atoms with E-state index in [4.69, 9.17) is 0 Å². The van der Waals surface area contributed by atoms with Gasteiger partial charge in [0.05, 0.1) is 0 Å². The van der Waals surface area contributed by atoms with E-state index in [0.717, 1.165) is 15.9 Å². The van der Waals surface area contributed by atoms with Gasteiger partial charge in [-0.25, -0.2) is 0 Å². The van der Waals surface area contributed by atoms with Crippen LogP contribution in [0.5, 0.6) is 0 Å². The quantitative estimate of drug-likeness (QED) is 0.528. The second kappa shape index (κ2) is 7.86. The van der Waals surface area contributed by atoms with Crippen LogP contribution in [0.15, 0.2) is 91.0 Å². The number of aliphatic carboxylic acids is 2. The van der Waals surface area contributed by atoms with E-state index in [0.29, 0.717) is 0 Å². The van der Waals surface area contributed by atoms with Gasteiger partial charge in [-0.3, -0.25) is 0 Å². The number of carbonyl (C=O) groups is 2. The van der Waals surface area contributed by atoms with Crippen LogP contribution in [0.25, 0.3) is 0 Å². The van der Waals surface area contributed by atoms with Gasteiger partial charge in [-0.05, 0) is 0 Å². The molecule has 1 atom stereocenters. The molecule has 0 fully saturated rings. The molecule has 0 aromatic heterocycles. The summed E-state index contributed by atoms with van der Waals surface area (Å²) in [7, 11) is 0. The van der Waals surface area contributed by atoms with Crippen molar-refractivity contribution in [3.8, 4) is 0 Å². The topological polar surface area (TPSA) is 74.6 Å². The summed E-state index contributed by atoms with van der Waals surface area (Å²) in [5.41, 5.74) is -1.18. The molecule has 3 rings (SSSR count). The van der Waals surface area contributed by atoms with Crippen molar-refractivity contribution in [2.45, 2.75) is 12.1 Å². The summed E-state index contributed by atoms with van der Waals surface area (Å²) < 4.78 is 0. The first-order valence-corrected chi connectivity index (χ1v) is 13.1. The number of benzene rings is 3. The number of hydrogen-bond donors (Lipinski definition) is 2. The molecule has 6 heteroatoms. The van der Waals surface area contributed by atoms with Crippen LogP contribution in [0.3, 0.4) is 0 Å². The van der Waals surface area contributed by atoms with Gasteiger partial charge in [-0.15, -0.1) is 0 Å². The van der Waals surface area contributed by atoms with E-state index in [2.05, 4.69) is 15.5 Å². The Hall–Kier alpha value is -2.49. The van der Waals surface area contributed by atoms with Crippen molar-refractivity contribution in [3.63, 3.8) is 0 Å². The third-order valence-electron chi connectivity index (χ3n) is 5.02. The van der Waals surface area contributed by atoms with Crippen LogP contribution in [0.1, 0.15) is 6.42 Å². The van der Waals surface area contributed by atoms with E-state index >= 15 is 0 Å². The second-order valence-electron chi connectivity index (χ2n) is 6.53. The van der Waals surface area contributed by atoms with Crippen LogP contribution < -0.4 is 15.9 Å². The Labute approximate surface area is 171 Å². The fourth-order valence-corrected chi connectivity index (χ4v) is 12.0. The standard InChI is InChI=1S/C22H20BrO4P/c23-28(17-10-4-1-5-11-17,18-12-6-2-7-13-18,19-14-8-3-9-15-19)20(22(26)27)16-21(24)25/h1-15,20H,16H2,(H,24,25)(H,26,27). The third-order valence-corrected chi connectivity index (χ3v) is 15.7. The predicted molar refractivity (Wildman–Crippen MR) is 118 cm³/mol. The summed E-state index contributed by atoms with van der Waals surface area (Å²) in [5.74, 6) is -2.29. The van der Waals surface area contributed by atoms with E-state index in [-0.39, 0.29) is 0 Å². The van der Waals surface area contributed by atoms with Gasteiger partial charge in [-0.2, -0.15) is 0 Å². The van der Waals surface area contributed by atoms with Crippen molar-refractivity contribution in [1.29, 1.82) is 0 Å². The molecule has 0 heterocycles. The molecule has 4 nitrogen and oxygen atoms in total. The van der Waals surface area contributed by atoms with Gasteiger partial charge in [0.15, 0.2) is 0 Å². The minimum atomic E-state index is -3.87. The normalized spacial score (nSPS) is 13.8. The average molecular weight is 459 g/mol. The van der Waals surface area contributed by atoms with Gasteiger partial charge in [0.1, 0.15) is 0 Å². The van der Waals surface area contributed by atoms with E-state index in [1.54, 1.807) is 0 Å². The molecule has 1 unspecified atom stereocenters. The fourth-order valence-electron chi connectivity index (χ4n) is 3.78. The van der Waals surface area contributed by atoms with E-state index in [1.807, 2.05) is 91.0 Å². The Bertz CT molecular complexity index is 878. The molecule has 144 valence electrons. The minimum absolute atomic E-state index is 0.503. The molecular weight excluding hydrogens is 439 g/mol. The summed E-state index contributed by atoms with van der Waals surface area (Å²) in [5, 5.41) is 18.3. The van der Waals surface area contributed by atoms with Crippen molar-refractivity contribution in [3.05, 3.63) is 91.0 Å². The van der Waals surface area contributed by atoms with Crippen molar-refractivity contribution >= 4 is 48.6 Å². The zero-order chi connectivity index (χ0) is 20.2. The molecule has 0 bridgehead atoms. The van der Waals surface area contributed by atoms with Crippen LogP contribution >= 0.6 is 20.8 Å². The molecule has 0 saturated carbocycles. The van der Waals surface area contributed by atoms with Crippen LogP contribution in [0, 0.1) is 0 Å². The first-order valence-electron chi connectivity index (χ1n) is 8.74. The van der Waals surface area contributed by atoms with Crippen LogP contribution in [0.4, 0.5) is 0 Å². The van der Waals surface area contributed by atoms with Gasteiger partial charge < -0.3 is 0 Å². The SMILES string of the molecule is O=C(O)CC(C(=O)O)P(Br)(c1ccccc1)(c1ccccc1)c1ccccc1. The molecule has 3 aromatic rings. The molecule has 0 aliphatic rings. The molecule has 28 heavy (non-hydrogen) atoms. The summed E-state index contributed by atoms with van der Waals surface area (Å²) >= 11 is 4.00. The first kappa shape index (κ1) is 20.2. The van der Waals surface area contributed by atoms with Crippen LogP contribution in [-0.4, -0.2) is 27.8 Å². The number of carboxylic acid groups (broad SMARTS) is 2. The monoisotopic (exact) mass is 458 g/mol. The Morgan fingerprint density at radius 3 is 1.29 bits per heavy atom. The molecule has 3 aromatic carbocycles. The third kappa shape index (κ3) is 3.15. The van der Waals surface area contributed by atoms with Crippen molar-refractivity contribution in [2.24, 2.45) is 0 Å². The predicted octanol–water partition coefficient (Wildman–Crippen LogP) is 3.75. The van der Waals surface area contributed by atoms with E-state index in [1.165, 1.54) is 0 Å². The molecule has 0 radical (unpaired) electrons. The number of hydrogen-bond acceptors (Lipinski definition) is 2. The number of halogens is 1. The molecular formula is C22H20BrO4P. The Morgan fingerprint density at radius 1 is 0.714 bits per heavy atom. The Morgan fingerprint density at radius 2 is 1.04 bits per heavy atom. The summed E-state index contributed by atoms with van der Waals surface area (Å²) in [4.78, 5) is 24.3. The zero-order valence-electron chi connectivity index (χ0n) is 15.0. The van der Waals surface area contributed by atoms with Crippen molar-refractivity contribution < 1.29 is 19.8 Å². The Kier molecular flexibility index (Phi) is 5.69. The maximum absolute atomic E-state index is 12.5. The van der Waals surface area contributed by atoms with Crippen LogP contribution in [0.2, 0.25) is 0 Å². The summed E-state index contributed by atoms with van der Waals surface area (Å²) in [6, 6.07) is 28.0.